The van der Waals surface area contributed by atoms with E-state index in [2.05, 4.69) is 40.0 Å². The second-order valence-electron chi connectivity index (χ2n) is 5.98. The average Bonchev–Trinajstić information content (AvgIpc) is 2.58. The molecule has 0 aliphatic rings. The molecule has 2 aromatic carbocycles. The van der Waals surface area contributed by atoms with Gasteiger partial charge in [-0.3, -0.25) is 4.79 Å². The van der Waals surface area contributed by atoms with E-state index in [1.54, 1.807) is 6.07 Å². The van der Waals surface area contributed by atoms with E-state index in [1.807, 2.05) is 50.2 Å². The van der Waals surface area contributed by atoms with Gasteiger partial charge in [-0.15, -0.1) is 0 Å². The van der Waals surface area contributed by atoms with Gasteiger partial charge < -0.3 is 15.0 Å². The molecule has 1 amide bonds. The number of benzene rings is 2. The lowest BCUT2D eigenvalue weighted by Crippen LogP contribution is -2.21. The summed E-state index contributed by atoms with van der Waals surface area (Å²) in [5.74, 6) is 0.392. The Morgan fingerprint density at radius 3 is 2.32 bits per heavy atom. The molecule has 0 aliphatic heterocycles. The smallest absolute Gasteiger partial charge is 0.259 e. The monoisotopic (exact) mass is 404 g/mol. The number of rotatable bonds is 7. The average molecular weight is 405 g/mol. The summed E-state index contributed by atoms with van der Waals surface area (Å²) in [4.78, 5) is 14.9. The largest absolute Gasteiger partial charge is 0.490 e. The Labute approximate surface area is 158 Å². The normalized spacial score (nSPS) is 10.6. The van der Waals surface area contributed by atoms with Crippen molar-refractivity contribution in [3.63, 3.8) is 0 Å². The predicted molar refractivity (Wildman–Crippen MR) is 108 cm³/mol. The van der Waals surface area contributed by atoms with E-state index < -0.39 is 0 Å². The van der Waals surface area contributed by atoms with E-state index in [0.29, 0.717) is 11.3 Å². The zero-order valence-corrected chi connectivity index (χ0v) is 16.8. The minimum atomic E-state index is -0.187. The van der Waals surface area contributed by atoms with Crippen molar-refractivity contribution in [2.75, 3.05) is 23.3 Å². The van der Waals surface area contributed by atoms with Crippen LogP contribution in [0.4, 0.5) is 11.4 Å². The lowest BCUT2D eigenvalue weighted by molar-refractivity contribution is 0.102. The van der Waals surface area contributed by atoms with Gasteiger partial charge in [0.25, 0.3) is 5.91 Å². The molecule has 134 valence electrons. The van der Waals surface area contributed by atoms with Crippen LogP contribution in [0.25, 0.3) is 0 Å². The van der Waals surface area contributed by atoms with Crippen LogP contribution in [0.3, 0.4) is 0 Å². The van der Waals surface area contributed by atoms with Crippen LogP contribution in [0.15, 0.2) is 46.9 Å². The zero-order valence-electron chi connectivity index (χ0n) is 15.2. The summed E-state index contributed by atoms with van der Waals surface area (Å²) >= 11 is 3.42. The fourth-order valence-corrected chi connectivity index (χ4v) is 2.94. The lowest BCUT2D eigenvalue weighted by Gasteiger charge is -2.21. The number of carbonyl (C=O) groups is 1. The molecule has 0 heterocycles. The minimum Gasteiger partial charge on any atom is -0.490 e. The quantitative estimate of drug-likeness (QED) is 0.677. The molecule has 1 N–H and O–H groups in total. The number of halogens is 1. The number of carbonyl (C=O) groups excluding carboxylic acids is 1. The molecular weight excluding hydrogens is 380 g/mol. The van der Waals surface area contributed by atoms with Crippen molar-refractivity contribution < 1.29 is 9.53 Å². The van der Waals surface area contributed by atoms with Gasteiger partial charge in [0.05, 0.1) is 11.7 Å². The first-order valence-corrected chi connectivity index (χ1v) is 9.36. The highest BCUT2D eigenvalue weighted by Gasteiger charge is 2.15. The second kappa shape index (κ2) is 8.90. The van der Waals surface area contributed by atoms with Crippen LogP contribution in [-0.2, 0) is 0 Å². The maximum absolute atomic E-state index is 12.7. The van der Waals surface area contributed by atoms with Crippen LogP contribution < -0.4 is 15.0 Å². The van der Waals surface area contributed by atoms with Crippen LogP contribution in [0.2, 0.25) is 0 Å². The van der Waals surface area contributed by atoms with E-state index in [-0.39, 0.29) is 12.0 Å². The first-order valence-electron chi connectivity index (χ1n) is 8.57. The molecule has 0 saturated heterocycles. The topological polar surface area (TPSA) is 41.6 Å². The third-order valence-electron chi connectivity index (χ3n) is 3.80. The summed E-state index contributed by atoms with van der Waals surface area (Å²) in [6.45, 7) is 10.0. The Hall–Kier alpha value is -2.01. The number of ether oxygens (including phenoxy) is 1. The third kappa shape index (κ3) is 5.23. The third-order valence-corrected chi connectivity index (χ3v) is 4.30. The molecule has 0 atom stereocenters. The van der Waals surface area contributed by atoms with Crippen LogP contribution in [0.1, 0.15) is 38.1 Å². The first kappa shape index (κ1) is 19.3. The van der Waals surface area contributed by atoms with Crippen molar-refractivity contribution in [3.05, 3.63) is 52.5 Å². The van der Waals surface area contributed by atoms with Gasteiger partial charge in [-0.05, 0) is 70.2 Å². The minimum absolute atomic E-state index is 0.001000. The summed E-state index contributed by atoms with van der Waals surface area (Å²) in [6, 6.07) is 13.3. The Morgan fingerprint density at radius 2 is 1.76 bits per heavy atom. The number of hydrogen-bond donors (Lipinski definition) is 1. The first-order chi connectivity index (χ1) is 11.9. The van der Waals surface area contributed by atoms with Crippen molar-refractivity contribution in [1.82, 2.24) is 0 Å². The van der Waals surface area contributed by atoms with Gasteiger partial charge >= 0.3 is 0 Å². The molecule has 0 saturated carbocycles. The Balaban J connectivity index is 2.18. The summed E-state index contributed by atoms with van der Waals surface area (Å²) in [6.07, 6.45) is 0.001000. The van der Waals surface area contributed by atoms with Gasteiger partial charge in [0.15, 0.2) is 0 Å². The molecule has 2 aromatic rings. The zero-order chi connectivity index (χ0) is 18.4. The highest BCUT2D eigenvalue weighted by Crippen LogP contribution is 2.26. The van der Waals surface area contributed by atoms with Crippen LogP contribution in [-0.4, -0.2) is 25.1 Å². The number of anilines is 2. The van der Waals surface area contributed by atoms with E-state index in [1.165, 1.54) is 0 Å². The Morgan fingerprint density at radius 1 is 1.12 bits per heavy atom. The van der Waals surface area contributed by atoms with Crippen molar-refractivity contribution >= 4 is 33.2 Å². The summed E-state index contributed by atoms with van der Waals surface area (Å²) in [5, 5.41) is 2.94. The number of hydrogen-bond acceptors (Lipinski definition) is 3. The van der Waals surface area contributed by atoms with E-state index in [9.17, 15) is 4.79 Å². The van der Waals surface area contributed by atoms with E-state index in [4.69, 9.17) is 4.74 Å². The number of nitrogens with zero attached hydrogens (tertiary/aromatic N) is 1. The molecule has 0 aliphatic carbocycles. The molecule has 5 heteroatoms. The van der Waals surface area contributed by atoms with Gasteiger partial charge in [0.2, 0.25) is 0 Å². The molecule has 25 heavy (non-hydrogen) atoms. The second-order valence-corrected chi connectivity index (χ2v) is 6.90. The van der Waals surface area contributed by atoms with Crippen LogP contribution in [0.5, 0.6) is 5.75 Å². The van der Waals surface area contributed by atoms with Gasteiger partial charge in [-0.1, -0.05) is 15.9 Å². The highest BCUT2D eigenvalue weighted by atomic mass is 79.9. The van der Waals surface area contributed by atoms with Crippen LogP contribution in [0, 0.1) is 0 Å². The summed E-state index contributed by atoms with van der Waals surface area (Å²) in [7, 11) is 0. The molecule has 0 radical (unpaired) electrons. The molecule has 0 bridgehead atoms. The predicted octanol–water partition coefficient (Wildman–Crippen LogP) is 5.33. The Bertz CT molecular complexity index is 710. The van der Waals surface area contributed by atoms with Gasteiger partial charge in [0, 0.05) is 28.9 Å². The fourth-order valence-electron chi connectivity index (χ4n) is 2.58. The molecule has 0 unspecified atom stereocenters. The molecule has 0 spiro atoms. The maximum Gasteiger partial charge on any atom is 0.259 e. The SMILES string of the molecule is CCN(CC)c1ccc(NC(=O)c2cc(Br)ccc2OC(C)C)cc1. The maximum atomic E-state index is 12.7. The van der Waals surface area contributed by atoms with Crippen molar-refractivity contribution in [2.24, 2.45) is 0 Å². The van der Waals surface area contributed by atoms with E-state index in [0.717, 1.165) is 28.9 Å². The van der Waals surface area contributed by atoms with Gasteiger partial charge in [-0.25, -0.2) is 0 Å². The number of nitrogens with one attached hydrogen (secondary N) is 1. The highest BCUT2D eigenvalue weighted by molar-refractivity contribution is 9.10. The lowest BCUT2D eigenvalue weighted by atomic mass is 10.1. The molecular formula is C20H25BrN2O2. The molecule has 2 rings (SSSR count). The summed E-state index contributed by atoms with van der Waals surface area (Å²) in [5.41, 5.74) is 2.42. The van der Waals surface area contributed by atoms with Crippen molar-refractivity contribution in [3.8, 4) is 5.75 Å². The Kier molecular flexibility index (Phi) is 6.88. The van der Waals surface area contributed by atoms with E-state index >= 15 is 0 Å². The number of amides is 1. The molecule has 4 nitrogen and oxygen atoms in total. The molecule has 0 fully saturated rings. The fraction of sp³-hybridized carbons (Fsp3) is 0.350. The van der Waals surface area contributed by atoms with Crippen molar-refractivity contribution in [2.45, 2.75) is 33.8 Å². The van der Waals surface area contributed by atoms with Crippen molar-refractivity contribution in [1.29, 1.82) is 0 Å². The van der Waals surface area contributed by atoms with Gasteiger partial charge in [-0.2, -0.15) is 0 Å². The molecule has 0 aromatic heterocycles. The van der Waals surface area contributed by atoms with Gasteiger partial charge in [0.1, 0.15) is 5.75 Å². The van der Waals surface area contributed by atoms with Crippen LogP contribution >= 0.6 is 15.9 Å². The summed E-state index contributed by atoms with van der Waals surface area (Å²) < 4.78 is 6.59. The standard InChI is InChI=1S/C20H25BrN2O2/c1-5-23(6-2)17-10-8-16(9-11-17)22-20(24)18-13-15(21)7-12-19(18)25-14(3)4/h7-14H,5-6H2,1-4H3,(H,22,24).